The molecule has 2 aromatic rings. The third-order valence-electron chi connectivity index (χ3n) is 8.52. The first kappa shape index (κ1) is 28.3. The van der Waals surface area contributed by atoms with Gasteiger partial charge in [0.1, 0.15) is 11.4 Å². The lowest BCUT2D eigenvalue weighted by Crippen LogP contribution is -2.45. The molecule has 1 aromatic carbocycles. The SMILES string of the molecule is C[C@@H]1[C@H](CC(=O)OC(C)(C)C)CCCN1c1cnc(C(N)=O)c(Nc2ccc(C3CCN(C4CC4)CC3)cc2)n1. The second kappa shape index (κ2) is 11.7. The monoisotopic (exact) mass is 548 g/mol. The van der Waals surface area contributed by atoms with E-state index in [0.717, 1.165) is 31.1 Å². The Morgan fingerprint density at radius 3 is 2.38 bits per heavy atom. The Kier molecular flexibility index (Phi) is 8.31. The first-order valence-electron chi connectivity index (χ1n) is 14.8. The molecule has 0 radical (unpaired) electrons. The van der Waals surface area contributed by atoms with E-state index in [9.17, 15) is 9.59 Å². The molecule has 3 N–H and O–H groups in total. The van der Waals surface area contributed by atoms with Crippen molar-refractivity contribution in [2.24, 2.45) is 11.7 Å². The van der Waals surface area contributed by atoms with Gasteiger partial charge in [0.25, 0.3) is 5.91 Å². The summed E-state index contributed by atoms with van der Waals surface area (Å²) in [5.74, 6) is 0.921. The van der Waals surface area contributed by atoms with Gasteiger partial charge >= 0.3 is 5.97 Å². The van der Waals surface area contributed by atoms with E-state index in [1.807, 2.05) is 32.9 Å². The average molecular weight is 549 g/mol. The van der Waals surface area contributed by atoms with Crippen LogP contribution in [0.25, 0.3) is 0 Å². The van der Waals surface area contributed by atoms with Crippen LogP contribution in [0.15, 0.2) is 30.5 Å². The molecule has 0 spiro atoms. The minimum atomic E-state index is -0.630. The van der Waals surface area contributed by atoms with E-state index in [2.05, 4.69) is 39.2 Å². The molecule has 0 unspecified atom stereocenters. The lowest BCUT2D eigenvalue weighted by atomic mass is 9.87. The number of carbonyl (C=O) groups is 2. The van der Waals surface area contributed by atoms with Crippen molar-refractivity contribution >= 4 is 29.2 Å². The number of esters is 1. The first-order valence-corrected chi connectivity index (χ1v) is 14.8. The number of nitrogens with zero attached hydrogens (tertiary/aromatic N) is 4. The van der Waals surface area contributed by atoms with Crippen LogP contribution in [0.1, 0.15) is 94.6 Å². The van der Waals surface area contributed by atoms with E-state index < -0.39 is 11.5 Å². The van der Waals surface area contributed by atoms with Gasteiger partial charge in [0.15, 0.2) is 11.5 Å². The smallest absolute Gasteiger partial charge is 0.306 e. The maximum atomic E-state index is 12.5. The van der Waals surface area contributed by atoms with Gasteiger partial charge < -0.3 is 25.6 Å². The number of nitrogens with two attached hydrogens (primary N) is 1. The minimum absolute atomic E-state index is 0.0634. The van der Waals surface area contributed by atoms with Crippen LogP contribution in [-0.2, 0) is 9.53 Å². The summed E-state index contributed by atoms with van der Waals surface area (Å²) in [6.07, 6.45) is 8.98. The fourth-order valence-electron chi connectivity index (χ4n) is 6.21. The lowest BCUT2D eigenvalue weighted by molar-refractivity contribution is -0.156. The van der Waals surface area contributed by atoms with Crippen molar-refractivity contribution in [2.75, 3.05) is 29.9 Å². The van der Waals surface area contributed by atoms with Gasteiger partial charge in [0.05, 0.1) is 12.6 Å². The zero-order valence-corrected chi connectivity index (χ0v) is 24.4. The second-order valence-electron chi connectivity index (χ2n) is 12.7. The Labute approximate surface area is 237 Å². The van der Waals surface area contributed by atoms with Gasteiger partial charge in [-0.1, -0.05) is 12.1 Å². The number of primary amides is 1. The molecule has 2 aliphatic heterocycles. The maximum absolute atomic E-state index is 12.5. The molecule has 3 fully saturated rings. The summed E-state index contributed by atoms with van der Waals surface area (Å²) >= 11 is 0. The number of piperidine rings is 2. The van der Waals surface area contributed by atoms with Gasteiger partial charge in [-0.25, -0.2) is 9.97 Å². The number of rotatable bonds is 8. The number of ether oxygens (including phenoxy) is 1. The van der Waals surface area contributed by atoms with Crippen molar-refractivity contribution in [3.05, 3.63) is 41.7 Å². The van der Waals surface area contributed by atoms with E-state index in [4.69, 9.17) is 15.5 Å². The topological polar surface area (TPSA) is 114 Å². The van der Waals surface area contributed by atoms with Crippen molar-refractivity contribution in [2.45, 2.75) is 96.2 Å². The molecule has 9 heteroatoms. The molecule has 1 saturated carbocycles. The van der Waals surface area contributed by atoms with Crippen molar-refractivity contribution in [1.29, 1.82) is 0 Å². The third-order valence-corrected chi connectivity index (χ3v) is 8.52. The van der Waals surface area contributed by atoms with E-state index in [1.165, 1.54) is 44.3 Å². The Morgan fingerprint density at radius 1 is 1.05 bits per heavy atom. The number of benzene rings is 1. The summed E-state index contributed by atoms with van der Waals surface area (Å²) in [6.45, 7) is 10.9. The molecule has 1 aromatic heterocycles. The molecule has 216 valence electrons. The molecule has 1 aliphatic carbocycles. The molecular weight excluding hydrogens is 504 g/mol. The largest absolute Gasteiger partial charge is 0.460 e. The molecule has 0 bridgehead atoms. The number of anilines is 3. The number of hydrogen-bond acceptors (Lipinski definition) is 8. The van der Waals surface area contributed by atoms with Crippen LogP contribution < -0.4 is 16.0 Å². The highest BCUT2D eigenvalue weighted by Crippen LogP contribution is 2.35. The zero-order valence-electron chi connectivity index (χ0n) is 24.4. The molecule has 3 aliphatic rings. The quantitative estimate of drug-likeness (QED) is 0.443. The molecule has 40 heavy (non-hydrogen) atoms. The van der Waals surface area contributed by atoms with E-state index in [1.54, 1.807) is 6.20 Å². The summed E-state index contributed by atoms with van der Waals surface area (Å²) < 4.78 is 5.57. The second-order valence-corrected chi connectivity index (χ2v) is 12.7. The zero-order chi connectivity index (χ0) is 28.4. The summed E-state index contributed by atoms with van der Waals surface area (Å²) in [5, 5.41) is 3.29. The van der Waals surface area contributed by atoms with Crippen LogP contribution in [0, 0.1) is 5.92 Å². The summed E-state index contributed by atoms with van der Waals surface area (Å²) in [5.41, 5.74) is 7.45. The third kappa shape index (κ3) is 6.92. The number of nitrogens with one attached hydrogen (secondary N) is 1. The standard InChI is InChI=1S/C31H44N6O3/c1-20-23(18-27(38)40-31(2,3)4)6-5-15-37(20)26-19-33-28(29(32)39)30(35-26)34-24-9-7-21(8-10-24)22-13-16-36(17-14-22)25-11-12-25/h7-10,19-20,22-23,25H,5-6,11-18H2,1-4H3,(H2,32,39)(H,34,35)/t20-,23+/m1/s1. The van der Waals surface area contributed by atoms with E-state index in [0.29, 0.717) is 24.0 Å². The lowest BCUT2D eigenvalue weighted by Gasteiger charge is -2.40. The van der Waals surface area contributed by atoms with Crippen molar-refractivity contribution < 1.29 is 14.3 Å². The molecular formula is C31H44N6O3. The molecule has 1 amide bonds. The summed E-state index contributed by atoms with van der Waals surface area (Å²) in [4.78, 5) is 38.7. The Balaban J connectivity index is 1.27. The van der Waals surface area contributed by atoms with Gasteiger partial charge in [0, 0.05) is 24.3 Å². The Bertz CT molecular complexity index is 1200. The van der Waals surface area contributed by atoms with Crippen molar-refractivity contribution in [3.8, 4) is 0 Å². The van der Waals surface area contributed by atoms with Crippen molar-refractivity contribution in [3.63, 3.8) is 0 Å². The number of amides is 1. The predicted molar refractivity (Wildman–Crippen MR) is 157 cm³/mol. The maximum Gasteiger partial charge on any atom is 0.306 e. The fourth-order valence-corrected chi connectivity index (χ4v) is 6.21. The molecule has 3 heterocycles. The average Bonchev–Trinajstić information content (AvgIpc) is 3.75. The normalized spacial score (nSPS) is 22.6. The summed E-state index contributed by atoms with van der Waals surface area (Å²) in [6, 6.07) is 9.34. The fraction of sp³-hybridized carbons (Fsp3) is 0.613. The number of likely N-dealkylation sites (tertiary alicyclic amines) is 1. The van der Waals surface area contributed by atoms with Crippen LogP contribution in [-0.4, -0.2) is 64.1 Å². The van der Waals surface area contributed by atoms with E-state index in [-0.39, 0.29) is 23.6 Å². The molecule has 2 atom stereocenters. The van der Waals surface area contributed by atoms with Gasteiger partial charge in [-0.3, -0.25) is 9.59 Å². The van der Waals surface area contributed by atoms with E-state index >= 15 is 0 Å². The number of hydrogen-bond donors (Lipinski definition) is 2. The first-order chi connectivity index (χ1) is 19.1. The molecule has 5 rings (SSSR count). The highest BCUT2D eigenvalue weighted by molar-refractivity contribution is 5.96. The minimum Gasteiger partial charge on any atom is -0.460 e. The Hall–Kier alpha value is -3.20. The van der Waals surface area contributed by atoms with Crippen LogP contribution in [0.5, 0.6) is 0 Å². The number of carbonyl (C=O) groups excluding carboxylic acids is 2. The van der Waals surface area contributed by atoms with Crippen LogP contribution in [0.2, 0.25) is 0 Å². The predicted octanol–water partition coefficient (Wildman–Crippen LogP) is 5.00. The molecule has 9 nitrogen and oxygen atoms in total. The van der Waals surface area contributed by atoms with Crippen LogP contribution in [0.3, 0.4) is 0 Å². The van der Waals surface area contributed by atoms with Gasteiger partial charge in [-0.2, -0.15) is 0 Å². The van der Waals surface area contributed by atoms with Crippen molar-refractivity contribution in [1.82, 2.24) is 14.9 Å². The van der Waals surface area contributed by atoms with Crippen LogP contribution in [0.4, 0.5) is 17.3 Å². The molecule has 2 saturated heterocycles. The van der Waals surface area contributed by atoms with Gasteiger partial charge in [0.2, 0.25) is 0 Å². The highest BCUT2D eigenvalue weighted by Gasteiger charge is 2.33. The Morgan fingerprint density at radius 2 is 1.75 bits per heavy atom. The van der Waals surface area contributed by atoms with Gasteiger partial charge in [-0.05, 0) is 109 Å². The number of aromatic nitrogens is 2. The summed E-state index contributed by atoms with van der Waals surface area (Å²) in [7, 11) is 0. The van der Waals surface area contributed by atoms with Gasteiger partial charge in [-0.15, -0.1) is 0 Å². The highest BCUT2D eigenvalue weighted by atomic mass is 16.6. The van der Waals surface area contributed by atoms with Crippen LogP contribution >= 0.6 is 0 Å².